The van der Waals surface area contributed by atoms with Crippen molar-refractivity contribution in [2.75, 3.05) is 12.9 Å². The van der Waals surface area contributed by atoms with Gasteiger partial charge in [-0.3, -0.25) is 4.79 Å². The maximum atomic E-state index is 11.1. The molecule has 1 saturated carbocycles. The first-order valence-electron chi connectivity index (χ1n) is 5.66. The summed E-state index contributed by atoms with van der Waals surface area (Å²) in [5, 5.41) is 4.35. The van der Waals surface area contributed by atoms with Gasteiger partial charge >= 0.3 is 5.97 Å². The van der Waals surface area contributed by atoms with E-state index in [1.54, 1.807) is 6.20 Å². The summed E-state index contributed by atoms with van der Waals surface area (Å²) in [6, 6.07) is 4.64. The van der Waals surface area contributed by atoms with Crippen molar-refractivity contribution in [2.45, 2.75) is 30.5 Å². The Morgan fingerprint density at radius 2 is 2.47 bits per heavy atom. The van der Waals surface area contributed by atoms with Crippen molar-refractivity contribution in [3.63, 3.8) is 0 Å². The number of methoxy groups -OCH3 is 1. The normalized spacial score (nSPS) is 14.6. The highest BCUT2D eigenvalue weighted by atomic mass is 32.2. The molecule has 0 bridgehead atoms. The summed E-state index contributed by atoms with van der Waals surface area (Å²) < 4.78 is 4.62. The molecule has 0 saturated heterocycles. The largest absolute Gasteiger partial charge is 0.468 e. The molecular weight excluding hydrogens is 236 g/mol. The van der Waals surface area contributed by atoms with Crippen LogP contribution in [0.2, 0.25) is 0 Å². The minimum atomic E-state index is -0.221. The molecule has 92 valence electrons. The molecule has 0 radical (unpaired) electrons. The monoisotopic (exact) mass is 252 g/mol. The van der Waals surface area contributed by atoms with E-state index in [1.165, 1.54) is 31.7 Å². The number of hydrogen-bond donors (Lipinski definition) is 1. The number of carbonyl (C=O) groups excluding carboxylic acids is 1. The standard InChI is InChI=1S/C12H16N2O2S/c1-16-11(15)8-17-12-9(3-2-6-13-12)7-14-10-4-5-10/h2-3,6,10,14H,4-5,7-8H2,1H3. The van der Waals surface area contributed by atoms with E-state index in [0.717, 1.165) is 17.1 Å². The van der Waals surface area contributed by atoms with Crippen LogP contribution in [-0.4, -0.2) is 29.9 Å². The molecule has 1 aliphatic carbocycles. The highest BCUT2D eigenvalue weighted by molar-refractivity contribution is 7.99. The topological polar surface area (TPSA) is 51.2 Å². The first-order chi connectivity index (χ1) is 8.29. The third-order valence-corrected chi connectivity index (χ3v) is 3.58. The van der Waals surface area contributed by atoms with Crippen molar-refractivity contribution in [3.05, 3.63) is 23.9 Å². The molecule has 0 unspecified atom stereocenters. The van der Waals surface area contributed by atoms with Gasteiger partial charge < -0.3 is 10.1 Å². The number of esters is 1. The summed E-state index contributed by atoms with van der Waals surface area (Å²) in [6.07, 6.45) is 4.29. The molecule has 1 aromatic rings. The number of thioether (sulfide) groups is 1. The van der Waals surface area contributed by atoms with E-state index < -0.39 is 0 Å². The van der Waals surface area contributed by atoms with E-state index in [0.29, 0.717) is 11.8 Å². The summed E-state index contributed by atoms with van der Waals surface area (Å²) in [5.41, 5.74) is 1.15. The van der Waals surface area contributed by atoms with E-state index in [9.17, 15) is 4.79 Å². The van der Waals surface area contributed by atoms with E-state index in [2.05, 4.69) is 15.0 Å². The molecule has 0 amide bonds. The number of hydrogen-bond acceptors (Lipinski definition) is 5. The third-order valence-electron chi connectivity index (χ3n) is 2.56. The van der Waals surface area contributed by atoms with Crippen LogP contribution in [-0.2, 0) is 16.1 Å². The van der Waals surface area contributed by atoms with E-state index >= 15 is 0 Å². The predicted molar refractivity (Wildman–Crippen MR) is 66.8 cm³/mol. The van der Waals surface area contributed by atoms with Crippen LogP contribution < -0.4 is 5.32 Å². The number of carbonyl (C=O) groups is 1. The molecule has 2 rings (SSSR count). The Kier molecular flexibility index (Phi) is 4.39. The number of ether oxygens (including phenoxy) is 1. The molecule has 0 spiro atoms. The second kappa shape index (κ2) is 6.02. The average molecular weight is 252 g/mol. The van der Waals surface area contributed by atoms with Crippen LogP contribution in [0.3, 0.4) is 0 Å². The summed E-state index contributed by atoms with van der Waals surface area (Å²) in [5.74, 6) is 0.0889. The molecule has 1 N–H and O–H groups in total. The fraction of sp³-hybridized carbons (Fsp3) is 0.500. The van der Waals surface area contributed by atoms with E-state index in [-0.39, 0.29) is 5.97 Å². The number of pyridine rings is 1. The minimum absolute atomic E-state index is 0.221. The SMILES string of the molecule is COC(=O)CSc1ncccc1CNC1CC1. The molecule has 1 aromatic heterocycles. The lowest BCUT2D eigenvalue weighted by atomic mass is 10.3. The number of nitrogens with zero attached hydrogens (tertiary/aromatic N) is 1. The smallest absolute Gasteiger partial charge is 0.316 e. The van der Waals surface area contributed by atoms with Crippen molar-refractivity contribution in [3.8, 4) is 0 Å². The Bertz CT molecular complexity index is 394. The van der Waals surface area contributed by atoms with E-state index in [4.69, 9.17) is 0 Å². The molecule has 0 atom stereocenters. The average Bonchev–Trinajstić information content (AvgIpc) is 3.18. The Labute approximate surface area is 105 Å². The van der Waals surface area contributed by atoms with Gasteiger partial charge in [-0.2, -0.15) is 0 Å². The van der Waals surface area contributed by atoms with Gasteiger partial charge in [0.15, 0.2) is 0 Å². The molecule has 1 heterocycles. The first kappa shape index (κ1) is 12.4. The predicted octanol–water partition coefficient (Wildman–Crippen LogP) is 1.60. The molecule has 4 nitrogen and oxygen atoms in total. The second-order valence-electron chi connectivity index (χ2n) is 3.99. The lowest BCUT2D eigenvalue weighted by molar-refractivity contribution is -0.137. The van der Waals surface area contributed by atoms with Gasteiger partial charge in [0.2, 0.25) is 0 Å². The van der Waals surface area contributed by atoms with Crippen molar-refractivity contribution >= 4 is 17.7 Å². The fourth-order valence-corrected chi connectivity index (χ4v) is 2.25. The molecule has 5 heteroatoms. The molecule has 0 aliphatic heterocycles. The number of nitrogens with one attached hydrogen (secondary N) is 1. The van der Waals surface area contributed by atoms with Crippen molar-refractivity contribution < 1.29 is 9.53 Å². The molecule has 1 fully saturated rings. The van der Waals surface area contributed by atoms with Crippen molar-refractivity contribution in [1.82, 2.24) is 10.3 Å². The van der Waals surface area contributed by atoms with Crippen molar-refractivity contribution in [1.29, 1.82) is 0 Å². The number of aromatic nitrogens is 1. The summed E-state index contributed by atoms with van der Waals surface area (Å²) >= 11 is 1.43. The number of rotatable bonds is 6. The summed E-state index contributed by atoms with van der Waals surface area (Å²) in [6.45, 7) is 0.821. The van der Waals surface area contributed by atoms with Gasteiger partial charge in [-0.1, -0.05) is 17.8 Å². The van der Waals surface area contributed by atoms with Crippen molar-refractivity contribution in [2.24, 2.45) is 0 Å². The Hall–Kier alpha value is -1.07. The van der Waals surface area contributed by atoms with Gasteiger partial charge in [0, 0.05) is 18.8 Å². The summed E-state index contributed by atoms with van der Waals surface area (Å²) in [4.78, 5) is 15.4. The van der Waals surface area contributed by atoms with Crippen LogP contribution in [0.4, 0.5) is 0 Å². The van der Waals surface area contributed by atoms with Crippen LogP contribution in [0.15, 0.2) is 23.4 Å². The Morgan fingerprint density at radius 1 is 1.65 bits per heavy atom. The van der Waals surface area contributed by atoms with Gasteiger partial charge in [0.25, 0.3) is 0 Å². The lowest BCUT2D eigenvalue weighted by Gasteiger charge is -2.08. The maximum absolute atomic E-state index is 11.1. The van der Waals surface area contributed by atoms with Crippen LogP contribution in [0, 0.1) is 0 Å². The fourth-order valence-electron chi connectivity index (χ4n) is 1.42. The van der Waals surface area contributed by atoms with Gasteiger partial charge in [-0.05, 0) is 24.5 Å². The van der Waals surface area contributed by atoms with Crippen LogP contribution in [0.1, 0.15) is 18.4 Å². The van der Waals surface area contributed by atoms with E-state index in [1.807, 2.05) is 12.1 Å². The second-order valence-corrected chi connectivity index (χ2v) is 4.95. The lowest BCUT2D eigenvalue weighted by Crippen LogP contribution is -2.16. The zero-order chi connectivity index (χ0) is 12.1. The molecule has 17 heavy (non-hydrogen) atoms. The Balaban J connectivity index is 1.91. The van der Waals surface area contributed by atoms with Gasteiger partial charge in [-0.15, -0.1) is 0 Å². The molecule has 1 aliphatic rings. The van der Waals surface area contributed by atoms with Crippen LogP contribution >= 0.6 is 11.8 Å². The van der Waals surface area contributed by atoms with Crippen LogP contribution in [0.5, 0.6) is 0 Å². The zero-order valence-electron chi connectivity index (χ0n) is 9.81. The van der Waals surface area contributed by atoms with Gasteiger partial charge in [0.1, 0.15) is 5.03 Å². The molecular formula is C12H16N2O2S. The van der Waals surface area contributed by atoms with Gasteiger partial charge in [-0.25, -0.2) is 4.98 Å². The summed E-state index contributed by atoms with van der Waals surface area (Å²) in [7, 11) is 1.40. The first-order valence-corrected chi connectivity index (χ1v) is 6.65. The maximum Gasteiger partial charge on any atom is 0.316 e. The quantitative estimate of drug-likeness (QED) is 0.615. The Morgan fingerprint density at radius 3 is 3.18 bits per heavy atom. The highest BCUT2D eigenvalue weighted by Crippen LogP contribution is 2.23. The van der Waals surface area contributed by atoms with Gasteiger partial charge in [0.05, 0.1) is 12.9 Å². The molecule has 0 aromatic carbocycles. The third kappa shape index (κ3) is 4.02. The minimum Gasteiger partial charge on any atom is -0.468 e. The zero-order valence-corrected chi connectivity index (χ0v) is 10.6. The highest BCUT2D eigenvalue weighted by Gasteiger charge is 2.20. The van der Waals surface area contributed by atoms with Crippen LogP contribution in [0.25, 0.3) is 0 Å².